The van der Waals surface area contributed by atoms with Crippen LogP contribution < -0.4 is 19.7 Å². The molecule has 1 aromatic heterocycles. The van der Waals surface area contributed by atoms with Crippen molar-refractivity contribution in [3.05, 3.63) is 35.2 Å². The number of morpholine rings is 1. The summed E-state index contributed by atoms with van der Waals surface area (Å²) in [6, 6.07) is 5.12. The topological polar surface area (TPSA) is 106 Å². The van der Waals surface area contributed by atoms with Gasteiger partial charge in [0.25, 0.3) is 0 Å². The van der Waals surface area contributed by atoms with Gasteiger partial charge in [-0.2, -0.15) is 0 Å². The number of aromatic nitrogens is 2. The Balaban J connectivity index is 1.60. The highest BCUT2D eigenvalue weighted by Gasteiger charge is 2.19. The first-order valence-corrected chi connectivity index (χ1v) is 11.4. The van der Waals surface area contributed by atoms with Crippen LogP contribution >= 0.6 is 0 Å². The first-order chi connectivity index (χ1) is 14.3. The summed E-state index contributed by atoms with van der Waals surface area (Å²) in [5, 5.41) is 3.18. The first-order valence-electron chi connectivity index (χ1n) is 9.88. The zero-order chi connectivity index (χ0) is 21.7. The highest BCUT2D eigenvalue weighted by Crippen LogP contribution is 2.26. The molecule has 0 radical (unpaired) electrons. The second kappa shape index (κ2) is 9.59. The molecule has 1 aliphatic rings. The third-order valence-corrected chi connectivity index (χ3v) is 6.69. The van der Waals surface area contributed by atoms with Gasteiger partial charge in [0, 0.05) is 32.2 Å². The number of benzene rings is 1. The number of nitrogens with zero attached hydrogens (tertiary/aromatic N) is 3. The van der Waals surface area contributed by atoms with Crippen molar-refractivity contribution in [2.45, 2.75) is 25.7 Å². The quantitative estimate of drug-likeness (QED) is 0.603. The van der Waals surface area contributed by atoms with Crippen molar-refractivity contribution in [1.29, 1.82) is 0 Å². The summed E-state index contributed by atoms with van der Waals surface area (Å²) in [5.41, 5.74) is 1.49. The molecule has 3 rings (SSSR count). The van der Waals surface area contributed by atoms with E-state index in [1.54, 1.807) is 26.2 Å². The van der Waals surface area contributed by atoms with E-state index in [2.05, 4.69) is 24.9 Å². The van der Waals surface area contributed by atoms with E-state index in [1.165, 1.54) is 0 Å². The maximum Gasteiger partial charge on any atom is 0.240 e. The van der Waals surface area contributed by atoms with Crippen LogP contribution in [-0.2, 0) is 14.8 Å². The maximum absolute atomic E-state index is 12.7. The second-order valence-electron chi connectivity index (χ2n) is 7.10. The number of aryl methyl sites for hydroxylation is 1. The molecule has 30 heavy (non-hydrogen) atoms. The van der Waals surface area contributed by atoms with Gasteiger partial charge in [0.15, 0.2) is 0 Å². The normalized spacial score (nSPS) is 14.6. The van der Waals surface area contributed by atoms with E-state index in [0.717, 1.165) is 24.5 Å². The minimum absolute atomic E-state index is 0.225. The van der Waals surface area contributed by atoms with Crippen LogP contribution in [0.3, 0.4) is 0 Å². The highest BCUT2D eigenvalue weighted by atomic mass is 32.2. The van der Waals surface area contributed by atoms with Crippen LogP contribution in [0.25, 0.3) is 0 Å². The van der Waals surface area contributed by atoms with Crippen molar-refractivity contribution in [2.24, 2.45) is 0 Å². The predicted octanol–water partition coefficient (Wildman–Crippen LogP) is 1.64. The van der Waals surface area contributed by atoms with Gasteiger partial charge < -0.3 is 19.7 Å². The molecule has 0 saturated carbocycles. The third-order valence-electron chi connectivity index (χ3n) is 5.08. The Hall–Kier alpha value is -2.43. The van der Waals surface area contributed by atoms with Gasteiger partial charge in [-0.05, 0) is 44.0 Å². The van der Waals surface area contributed by atoms with Gasteiger partial charge in [-0.15, -0.1) is 0 Å². The summed E-state index contributed by atoms with van der Waals surface area (Å²) in [4.78, 5) is 11.3. The molecule has 2 aromatic rings. The molecule has 0 amide bonds. The average Bonchev–Trinajstić information content (AvgIpc) is 2.73. The summed E-state index contributed by atoms with van der Waals surface area (Å²) in [6.45, 7) is 9.02. The number of anilines is 2. The van der Waals surface area contributed by atoms with Crippen molar-refractivity contribution in [2.75, 3.05) is 56.7 Å². The Labute approximate surface area is 177 Å². The predicted molar refractivity (Wildman–Crippen MR) is 116 cm³/mol. The number of hydrogen-bond acceptors (Lipinski definition) is 8. The zero-order valence-electron chi connectivity index (χ0n) is 17.9. The molecule has 1 saturated heterocycles. The van der Waals surface area contributed by atoms with Crippen LogP contribution in [-0.4, -0.2) is 64.9 Å². The van der Waals surface area contributed by atoms with E-state index in [9.17, 15) is 8.42 Å². The van der Waals surface area contributed by atoms with Gasteiger partial charge in [-0.3, -0.25) is 0 Å². The van der Waals surface area contributed by atoms with Gasteiger partial charge in [-0.1, -0.05) is 0 Å². The molecule has 0 spiro atoms. The molecule has 2 heterocycles. The molecular weight excluding hydrogens is 406 g/mol. The lowest BCUT2D eigenvalue weighted by atomic mass is 10.1. The standard InChI is InChI=1S/C20H29N5O4S/c1-14-15(2)18(6-5-17(14)28-4)30(26,27)22-8-7-21-19-13-20(24-16(3)23-19)25-9-11-29-12-10-25/h5-6,13,22H,7-12H2,1-4H3,(H,21,23,24). The molecule has 2 N–H and O–H groups in total. The summed E-state index contributed by atoms with van der Waals surface area (Å²) in [5.74, 6) is 2.84. The average molecular weight is 436 g/mol. The SMILES string of the molecule is COc1ccc(S(=O)(=O)NCCNc2cc(N3CCOCC3)nc(C)n2)c(C)c1C. The minimum atomic E-state index is -3.63. The van der Waals surface area contributed by atoms with Crippen molar-refractivity contribution in [3.8, 4) is 5.75 Å². The van der Waals surface area contributed by atoms with E-state index in [0.29, 0.717) is 42.7 Å². The van der Waals surface area contributed by atoms with Crippen molar-refractivity contribution in [3.63, 3.8) is 0 Å². The van der Waals surface area contributed by atoms with Gasteiger partial charge in [0.05, 0.1) is 25.2 Å². The number of hydrogen-bond donors (Lipinski definition) is 2. The molecule has 1 aliphatic heterocycles. The summed E-state index contributed by atoms with van der Waals surface area (Å²) < 4.78 is 38.7. The Morgan fingerprint density at radius 1 is 1.10 bits per heavy atom. The Morgan fingerprint density at radius 2 is 1.83 bits per heavy atom. The van der Waals surface area contributed by atoms with Gasteiger partial charge in [-0.25, -0.2) is 23.1 Å². The van der Waals surface area contributed by atoms with E-state index in [4.69, 9.17) is 9.47 Å². The smallest absolute Gasteiger partial charge is 0.240 e. The van der Waals surface area contributed by atoms with Crippen LogP contribution in [0.5, 0.6) is 5.75 Å². The minimum Gasteiger partial charge on any atom is -0.496 e. The van der Waals surface area contributed by atoms with Gasteiger partial charge in [0.2, 0.25) is 10.0 Å². The highest BCUT2D eigenvalue weighted by molar-refractivity contribution is 7.89. The Morgan fingerprint density at radius 3 is 2.53 bits per heavy atom. The molecular formula is C20H29N5O4S. The number of sulfonamides is 1. The summed E-state index contributed by atoms with van der Waals surface area (Å²) in [6.07, 6.45) is 0. The molecule has 0 unspecified atom stereocenters. The molecule has 1 fully saturated rings. The lowest BCUT2D eigenvalue weighted by molar-refractivity contribution is 0.122. The Kier molecular flexibility index (Phi) is 7.11. The lowest BCUT2D eigenvalue weighted by Crippen LogP contribution is -2.37. The van der Waals surface area contributed by atoms with E-state index < -0.39 is 10.0 Å². The molecule has 9 nitrogen and oxygen atoms in total. The van der Waals surface area contributed by atoms with E-state index in [1.807, 2.05) is 19.9 Å². The molecule has 1 aromatic carbocycles. The van der Waals surface area contributed by atoms with Crippen LogP contribution in [0.1, 0.15) is 17.0 Å². The van der Waals surface area contributed by atoms with Gasteiger partial charge in [0.1, 0.15) is 23.2 Å². The number of nitrogens with one attached hydrogen (secondary N) is 2. The van der Waals surface area contributed by atoms with Crippen LogP contribution in [0.4, 0.5) is 11.6 Å². The first kappa shape index (κ1) is 22.3. The van der Waals surface area contributed by atoms with Gasteiger partial charge >= 0.3 is 0 Å². The third kappa shape index (κ3) is 5.18. The summed E-state index contributed by atoms with van der Waals surface area (Å²) >= 11 is 0. The fourth-order valence-corrected chi connectivity index (χ4v) is 4.66. The molecule has 0 atom stereocenters. The molecule has 10 heteroatoms. The zero-order valence-corrected chi connectivity index (χ0v) is 18.7. The number of methoxy groups -OCH3 is 1. The fraction of sp³-hybridized carbons (Fsp3) is 0.500. The van der Waals surface area contributed by atoms with E-state index >= 15 is 0 Å². The monoisotopic (exact) mass is 435 g/mol. The van der Waals surface area contributed by atoms with Crippen LogP contribution in [0.15, 0.2) is 23.1 Å². The second-order valence-corrected chi connectivity index (χ2v) is 8.83. The van der Waals surface area contributed by atoms with Crippen LogP contribution in [0, 0.1) is 20.8 Å². The summed E-state index contributed by atoms with van der Waals surface area (Å²) in [7, 11) is -2.06. The van der Waals surface area contributed by atoms with Crippen LogP contribution in [0.2, 0.25) is 0 Å². The molecule has 0 bridgehead atoms. The number of rotatable bonds is 8. The van der Waals surface area contributed by atoms with E-state index in [-0.39, 0.29) is 11.4 Å². The fourth-order valence-electron chi connectivity index (χ4n) is 3.33. The van der Waals surface area contributed by atoms with Crippen molar-refractivity contribution in [1.82, 2.24) is 14.7 Å². The molecule has 0 aliphatic carbocycles. The lowest BCUT2D eigenvalue weighted by Gasteiger charge is -2.28. The Bertz CT molecular complexity index is 991. The largest absolute Gasteiger partial charge is 0.496 e. The maximum atomic E-state index is 12.7. The number of ether oxygens (including phenoxy) is 2. The van der Waals surface area contributed by atoms with Crippen molar-refractivity contribution < 1.29 is 17.9 Å². The van der Waals surface area contributed by atoms with Crippen molar-refractivity contribution >= 4 is 21.7 Å². The molecule has 164 valence electrons.